The van der Waals surface area contributed by atoms with Crippen molar-refractivity contribution in [1.29, 1.82) is 0 Å². The smallest absolute Gasteiger partial charge is 0.543 e. The molecule has 0 radical (unpaired) electrons. The average Bonchev–Trinajstić information content (AvgIpc) is 3.07. The zero-order chi connectivity index (χ0) is 13.9. The fourth-order valence-corrected chi connectivity index (χ4v) is 3.53. The number of carbonyl (C=O) groups excluding carboxylic acids is 2. The molecule has 1 atom stereocenters. The van der Waals surface area contributed by atoms with Crippen molar-refractivity contribution in [3.05, 3.63) is 28.4 Å². The van der Waals surface area contributed by atoms with E-state index in [0.29, 0.717) is 30.3 Å². The van der Waals surface area contributed by atoms with Crippen molar-refractivity contribution < 1.29 is 49.0 Å². The molecule has 1 aromatic heterocycles. The maximum Gasteiger partial charge on any atom is 1.00 e. The first-order valence-electron chi connectivity index (χ1n) is 5.98. The average molecular weight is 313 g/mol. The van der Waals surface area contributed by atoms with Crippen LogP contribution in [0.25, 0.3) is 6.08 Å². The van der Waals surface area contributed by atoms with Crippen LogP contribution in [0.2, 0.25) is 0 Å². The first-order valence-corrected chi connectivity index (χ1v) is 6.92. The van der Waals surface area contributed by atoms with Crippen LogP contribution < -0.4 is 39.4 Å². The number of β-lactam (4-membered cyclic amide) rings is 1. The Kier molecular flexibility index (Phi) is 3.64. The van der Waals surface area contributed by atoms with Gasteiger partial charge in [-0.25, -0.2) is 4.68 Å². The molecule has 9 heteroatoms. The van der Waals surface area contributed by atoms with Crippen molar-refractivity contribution in [1.82, 2.24) is 14.7 Å². The number of rotatable bonds is 2. The molecule has 1 amide bonds. The molecule has 3 aliphatic rings. The number of nitrogens with zero attached hydrogens (tertiary/aromatic N) is 3. The van der Waals surface area contributed by atoms with Gasteiger partial charge in [0.2, 0.25) is 5.88 Å². The largest absolute Gasteiger partial charge is 1.00 e. The van der Waals surface area contributed by atoms with E-state index in [4.69, 9.17) is 4.74 Å². The molecular weight excluding hydrogens is 305 g/mol. The Labute approximate surface area is 145 Å². The van der Waals surface area contributed by atoms with Crippen molar-refractivity contribution in [2.75, 3.05) is 6.61 Å². The Balaban J connectivity index is 0.00000132. The summed E-state index contributed by atoms with van der Waals surface area (Å²) >= 11 is 1.28. The zero-order valence-corrected chi connectivity index (χ0v) is 13.9. The summed E-state index contributed by atoms with van der Waals surface area (Å²) in [6.45, 7) is 1.32. The first kappa shape index (κ1) is 14.7. The standard InChI is InChI=1S/C12H9N3O4S.Na/c16-10-7(11-15(10)8(5-20-11)12(17)18)3-6-4-9-14(13-6)1-2-19-9;/h3-5,11H,1-2H2,(H,17,18);/q;+1/p-1/b7-3+;. The Morgan fingerprint density at radius 2 is 2.38 bits per heavy atom. The molecule has 0 bridgehead atoms. The van der Waals surface area contributed by atoms with Gasteiger partial charge in [-0.1, -0.05) is 0 Å². The number of carbonyl (C=O) groups is 2. The van der Waals surface area contributed by atoms with Crippen molar-refractivity contribution in [2.24, 2.45) is 0 Å². The predicted molar refractivity (Wildman–Crippen MR) is 67.0 cm³/mol. The van der Waals surface area contributed by atoms with Crippen molar-refractivity contribution >= 4 is 29.7 Å². The number of carboxylic acids is 1. The number of fused-ring (bicyclic) bond motifs is 2. The number of aliphatic carboxylic acids is 1. The quantitative estimate of drug-likeness (QED) is 0.316. The van der Waals surface area contributed by atoms with Crippen LogP contribution in [0.4, 0.5) is 0 Å². The molecule has 0 aliphatic carbocycles. The molecular formula is C12H8N3NaO4S. The monoisotopic (exact) mass is 313 g/mol. The van der Waals surface area contributed by atoms with E-state index in [9.17, 15) is 14.7 Å². The van der Waals surface area contributed by atoms with Gasteiger partial charge in [0.1, 0.15) is 12.0 Å². The molecule has 21 heavy (non-hydrogen) atoms. The maximum absolute atomic E-state index is 12.0. The molecule has 4 rings (SSSR count). The molecule has 1 saturated heterocycles. The summed E-state index contributed by atoms with van der Waals surface area (Å²) in [4.78, 5) is 24.1. The summed E-state index contributed by atoms with van der Waals surface area (Å²) in [5.74, 6) is -0.959. The second kappa shape index (κ2) is 5.20. The van der Waals surface area contributed by atoms with Gasteiger partial charge < -0.3 is 14.6 Å². The van der Waals surface area contributed by atoms with Gasteiger partial charge in [-0.3, -0.25) is 9.69 Å². The SMILES string of the molecule is O=C([O-])C1=CSC2/C(=C/c3cc4n(n3)CCO4)C(=O)N12.[Na+]. The van der Waals surface area contributed by atoms with Crippen molar-refractivity contribution in [3.63, 3.8) is 0 Å². The molecule has 0 spiro atoms. The summed E-state index contributed by atoms with van der Waals surface area (Å²) in [5.41, 5.74) is 1.11. The topological polar surface area (TPSA) is 87.5 Å². The van der Waals surface area contributed by atoms with E-state index >= 15 is 0 Å². The van der Waals surface area contributed by atoms with Gasteiger partial charge in [0, 0.05) is 6.07 Å². The van der Waals surface area contributed by atoms with Crippen LogP contribution in [-0.2, 0) is 16.1 Å². The Bertz CT molecular complexity index is 690. The zero-order valence-electron chi connectivity index (χ0n) is 11.1. The number of hydrogen-bond acceptors (Lipinski definition) is 6. The Hall–Kier alpha value is -1.22. The van der Waals surface area contributed by atoms with E-state index in [-0.39, 0.29) is 46.5 Å². The second-order valence-electron chi connectivity index (χ2n) is 4.53. The Morgan fingerprint density at radius 3 is 3.10 bits per heavy atom. The third kappa shape index (κ3) is 2.13. The van der Waals surface area contributed by atoms with Crippen LogP contribution in [-0.4, -0.2) is 38.5 Å². The second-order valence-corrected chi connectivity index (χ2v) is 5.49. The number of aromatic nitrogens is 2. The summed E-state index contributed by atoms with van der Waals surface area (Å²) in [7, 11) is 0. The van der Waals surface area contributed by atoms with Crippen LogP contribution in [0.3, 0.4) is 0 Å². The van der Waals surface area contributed by atoms with Crippen LogP contribution in [0, 0.1) is 0 Å². The van der Waals surface area contributed by atoms with Gasteiger partial charge in [-0.05, 0) is 11.5 Å². The first-order chi connectivity index (χ1) is 9.65. The summed E-state index contributed by atoms with van der Waals surface area (Å²) < 4.78 is 7.08. The van der Waals surface area contributed by atoms with Crippen LogP contribution >= 0.6 is 11.8 Å². The third-order valence-corrected chi connectivity index (χ3v) is 4.44. The molecule has 0 aromatic carbocycles. The van der Waals surface area contributed by atoms with Gasteiger partial charge in [0.05, 0.1) is 29.5 Å². The number of thioether (sulfide) groups is 1. The minimum atomic E-state index is -1.33. The molecule has 4 heterocycles. The molecule has 0 N–H and O–H groups in total. The van der Waals surface area contributed by atoms with Gasteiger partial charge in [-0.15, -0.1) is 11.8 Å². The van der Waals surface area contributed by atoms with Crippen LogP contribution in [0.5, 0.6) is 5.88 Å². The van der Waals surface area contributed by atoms with Crippen molar-refractivity contribution in [2.45, 2.75) is 11.9 Å². The predicted octanol–water partition coefficient (Wildman–Crippen LogP) is -3.83. The molecule has 3 aliphatic heterocycles. The normalized spacial score (nSPS) is 23.9. The Morgan fingerprint density at radius 1 is 1.57 bits per heavy atom. The summed E-state index contributed by atoms with van der Waals surface area (Å²) in [5, 5.41) is 16.3. The van der Waals surface area contributed by atoms with E-state index in [1.54, 1.807) is 16.8 Å². The molecule has 7 nitrogen and oxygen atoms in total. The van der Waals surface area contributed by atoms with E-state index < -0.39 is 5.97 Å². The van der Waals surface area contributed by atoms with E-state index in [1.165, 1.54) is 22.1 Å². The minimum absolute atomic E-state index is 0. The minimum Gasteiger partial charge on any atom is -0.543 e. The number of carboxylic acid groups (broad SMARTS) is 1. The van der Waals surface area contributed by atoms with E-state index in [2.05, 4.69) is 5.10 Å². The van der Waals surface area contributed by atoms with Crippen LogP contribution in [0.15, 0.2) is 22.7 Å². The van der Waals surface area contributed by atoms with Gasteiger partial charge >= 0.3 is 29.6 Å². The number of ether oxygens (including phenoxy) is 1. The van der Waals surface area contributed by atoms with Gasteiger partial charge in [0.25, 0.3) is 5.91 Å². The summed E-state index contributed by atoms with van der Waals surface area (Å²) in [6.07, 6.45) is 1.68. The number of amides is 1. The molecule has 102 valence electrons. The van der Waals surface area contributed by atoms with Gasteiger partial charge in [0.15, 0.2) is 0 Å². The third-order valence-electron chi connectivity index (χ3n) is 3.36. The van der Waals surface area contributed by atoms with E-state index in [1.807, 2.05) is 0 Å². The molecule has 1 aromatic rings. The van der Waals surface area contributed by atoms with Crippen molar-refractivity contribution in [3.8, 4) is 5.88 Å². The van der Waals surface area contributed by atoms with Gasteiger partial charge in [-0.2, -0.15) is 5.10 Å². The summed E-state index contributed by atoms with van der Waals surface area (Å²) in [6, 6.07) is 1.77. The molecule has 0 saturated carbocycles. The fraction of sp³-hybridized carbons (Fsp3) is 0.250. The number of hydrogen-bond donors (Lipinski definition) is 0. The van der Waals surface area contributed by atoms with Crippen LogP contribution in [0.1, 0.15) is 5.69 Å². The van der Waals surface area contributed by atoms with E-state index in [0.717, 1.165) is 0 Å². The molecule has 1 unspecified atom stereocenters. The fourth-order valence-electron chi connectivity index (χ4n) is 2.42. The molecule has 1 fully saturated rings. The maximum atomic E-state index is 12.0.